The summed E-state index contributed by atoms with van der Waals surface area (Å²) in [4.78, 5) is 0.960. The molecule has 0 aliphatic carbocycles. The van der Waals surface area contributed by atoms with Crippen LogP contribution in [-0.2, 0) is 10.0 Å². The maximum absolute atomic E-state index is 12.2. The monoisotopic (exact) mass is 298 g/mol. The van der Waals surface area contributed by atoms with Crippen molar-refractivity contribution in [1.82, 2.24) is 4.72 Å². The molecule has 5 nitrogen and oxygen atoms in total. The lowest BCUT2D eigenvalue weighted by atomic mass is 10.3. The summed E-state index contributed by atoms with van der Waals surface area (Å²) in [6.07, 6.45) is 0. The van der Waals surface area contributed by atoms with E-state index in [2.05, 4.69) is 4.72 Å². The Morgan fingerprint density at radius 1 is 1.37 bits per heavy atom. The van der Waals surface area contributed by atoms with Gasteiger partial charge in [-0.05, 0) is 36.6 Å². The number of hydrogen-bond donors (Lipinski definition) is 3. The molecule has 0 amide bonds. The SMILES string of the molecule is CC(NS(=O)(=O)c1ccc(O)c(N)c1)c1cccs1. The molecule has 0 aliphatic rings. The molecule has 1 heterocycles. The molecule has 7 heteroatoms. The zero-order chi connectivity index (χ0) is 14.0. The van der Waals surface area contributed by atoms with E-state index in [-0.39, 0.29) is 22.4 Å². The van der Waals surface area contributed by atoms with Crippen molar-refractivity contribution >= 4 is 27.0 Å². The lowest BCUT2D eigenvalue weighted by Gasteiger charge is -2.13. The molecule has 19 heavy (non-hydrogen) atoms. The Balaban J connectivity index is 2.25. The molecule has 102 valence electrons. The highest BCUT2D eigenvalue weighted by Crippen LogP contribution is 2.25. The fourth-order valence-electron chi connectivity index (χ4n) is 1.60. The number of sulfonamides is 1. The van der Waals surface area contributed by atoms with E-state index in [4.69, 9.17) is 5.73 Å². The van der Waals surface area contributed by atoms with Gasteiger partial charge in [0.25, 0.3) is 0 Å². The van der Waals surface area contributed by atoms with Gasteiger partial charge in [-0.25, -0.2) is 13.1 Å². The van der Waals surface area contributed by atoms with Crippen LogP contribution in [0.15, 0.2) is 40.6 Å². The Morgan fingerprint density at radius 3 is 2.68 bits per heavy atom. The Bertz CT molecular complexity index is 666. The predicted octanol–water partition coefficient (Wildman–Crippen LogP) is 2.08. The van der Waals surface area contributed by atoms with Gasteiger partial charge in [0.15, 0.2) is 0 Å². The minimum atomic E-state index is -3.66. The van der Waals surface area contributed by atoms with Crippen LogP contribution in [-0.4, -0.2) is 13.5 Å². The van der Waals surface area contributed by atoms with Gasteiger partial charge in [-0.1, -0.05) is 6.07 Å². The van der Waals surface area contributed by atoms with Gasteiger partial charge in [0.2, 0.25) is 10.0 Å². The van der Waals surface area contributed by atoms with Crippen LogP contribution >= 0.6 is 11.3 Å². The molecule has 1 aromatic heterocycles. The summed E-state index contributed by atoms with van der Waals surface area (Å²) < 4.78 is 26.9. The van der Waals surface area contributed by atoms with E-state index in [0.717, 1.165) is 4.88 Å². The Hall–Kier alpha value is -1.57. The number of thiophene rings is 1. The van der Waals surface area contributed by atoms with Crippen molar-refractivity contribution in [2.75, 3.05) is 5.73 Å². The smallest absolute Gasteiger partial charge is 0.241 e. The summed E-state index contributed by atoms with van der Waals surface area (Å²) in [6, 6.07) is 7.22. The third-order valence-corrected chi connectivity index (χ3v) is 5.20. The molecule has 0 aliphatic heterocycles. The second-order valence-corrected chi connectivity index (χ2v) is 6.77. The van der Waals surface area contributed by atoms with E-state index in [1.807, 2.05) is 17.5 Å². The predicted molar refractivity (Wildman–Crippen MR) is 75.6 cm³/mol. The summed E-state index contributed by atoms with van der Waals surface area (Å²) >= 11 is 1.48. The topological polar surface area (TPSA) is 92.4 Å². The van der Waals surface area contributed by atoms with Crippen molar-refractivity contribution in [3.63, 3.8) is 0 Å². The molecule has 1 unspecified atom stereocenters. The number of nitrogen functional groups attached to an aromatic ring is 1. The van der Waals surface area contributed by atoms with Crippen molar-refractivity contribution in [1.29, 1.82) is 0 Å². The summed E-state index contributed by atoms with van der Waals surface area (Å²) in [7, 11) is -3.66. The van der Waals surface area contributed by atoms with Crippen LogP contribution in [0.5, 0.6) is 5.75 Å². The second kappa shape index (κ2) is 5.20. The number of phenols is 1. The van der Waals surface area contributed by atoms with E-state index >= 15 is 0 Å². The van der Waals surface area contributed by atoms with E-state index in [0.29, 0.717) is 0 Å². The molecule has 0 spiro atoms. The Labute approximate surface area is 115 Å². The fourth-order valence-corrected chi connectivity index (χ4v) is 3.66. The first-order valence-corrected chi connectivity index (χ1v) is 7.90. The van der Waals surface area contributed by atoms with Crippen molar-refractivity contribution < 1.29 is 13.5 Å². The van der Waals surface area contributed by atoms with Gasteiger partial charge in [-0.15, -0.1) is 11.3 Å². The fraction of sp³-hybridized carbons (Fsp3) is 0.167. The normalized spacial score (nSPS) is 13.3. The molecule has 0 fully saturated rings. The van der Waals surface area contributed by atoms with Gasteiger partial charge in [0.1, 0.15) is 5.75 Å². The number of aromatic hydroxyl groups is 1. The van der Waals surface area contributed by atoms with Gasteiger partial charge in [0.05, 0.1) is 16.6 Å². The standard InChI is InChI=1S/C12H14N2O3S2/c1-8(12-3-2-6-18-12)14-19(16,17)9-4-5-11(15)10(13)7-9/h2-8,14-15H,13H2,1H3. The molecular formula is C12H14N2O3S2. The van der Waals surface area contributed by atoms with Crippen LogP contribution in [0, 0.1) is 0 Å². The summed E-state index contributed by atoms with van der Waals surface area (Å²) in [5.74, 6) is -0.134. The first-order valence-electron chi connectivity index (χ1n) is 5.54. The van der Waals surface area contributed by atoms with Gasteiger partial charge in [0, 0.05) is 4.88 Å². The number of benzene rings is 1. The van der Waals surface area contributed by atoms with Gasteiger partial charge in [-0.3, -0.25) is 0 Å². The third-order valence-electron chi connectivity index (χ3n) is 2.61. The van der Waals surface area contributed by atoms with Crippen LogP contribution in [0.2, 0.25) is 0 Å². The number of phenolic OH excluding ortho intramolecular Hbond substituents is 1. The number of nitrogens with one attached hydrogen (secondary N) is 1. The molecule has 0 saturated carbocycles. The van der Waals surface area contributed by atoms with E-state index in [9.17, 15) is 13.5 Å². The second-order valence-electron chi connectivity index (χ2n) is 4.08. The lowest BCUT2D eigenvalue weighted by molar-refractivity contribution is 0.477. The number of nitrogens with two attached hydrogens (primary N) is 1. The van der Waals surface area contributed by atoms with Crippen LogP contribution in [0.4, 0.5) is 5.69 Å². The van der Waals surface area contributed by atoms with Crippen LogP contribution in [0.1, 0.15) is 17.8 Å². The van der Waals surface area contributed by atoms with Crippen LogP contribution in [0.25, 0.3) is 0 Å². The van der Waals surface area contributed by atoms with Crippen molar-refractivity contribution in [3.05, 3.63) is 40.6 Å². The summed E-state index contributed by atoms with van der Waals surface area (Å²) in [6.45, 7) is 1.77. The zero-order valence-electron chi connectivity index (χ0n) is 10.2. The largest absolute Gasteiger partial charge is 0.506 e. The summed E-state index contributed by atoms with van der Waals surface area (Å²) in [5, 5.41) is 11.2. The molecule has 2 aromatic rings. The van der Waals surface area contributed by atoms with Crippen molar-refractivity contribution in [3.8, 4) is 5.75 Å². The quantitative estimate of drug-likeness (QED) is 0.595. The van der Waals surface area contributed by atoms with E-state index in [1.165, 1.54) is 29.5 Å². The molecule has 0 radical (unpaired) electrons. The minimum Gasteiger partial charge on any atom is -0.506 e. The third kappa shape index (κ3) is 3.06. The molecule has 1 atom stereocenters. The van der Waals surface area contributed by atoms with E-state index < -0.39 is 10.0 Å². The highest BCUT2D eigenvalue weighted by atomic mass is 32.2. The molecule has 4 N–H and O–H groups in total. The molecule has 2 rings (SSSR count). The van der Waals surface area contributed by atoms with Gasteiger partial charge >= 0.3 is 0 Å². The van der Waals surface area contributed by atoms with Crippen molar-refractivity contribution in [2.24, 2.45) is 0 Å². The zero-order valence-corrected chi connectivity index (χ0v) is 11.8. The van der Waals surface area contributed by atoms with E-state index in [1.54, 1.807) is 6.92 Å². The maximum Gasteiger partial charge on any atom is 0.241 e. The molecule has 0 bridgehead atoms. The van der Waals surface area contributed by atoms with Gasteiger partial charge < -0.3 is 10.8 Å². The highest BCUT2D eigenvalue weighted by Gasteiger charge is 2.19. The average Bonchev–Trinajstić information content (AvgIpc) is 2.85. The highest BCUT2D eigenvalue weighted by molar-refractivity contribution is 7.89. The minimum absolute atomic E-state index is 0.0335. The Kier molecular flexibility index (Phi) is 3.79. The maximum atomic E-state index is 12.2. The first kappa shape index (κ1) is 13.9. The molecular weight excluding hydrogens is 284 g/mol. The lowest BCUT2D eigenvalue weighted by Crippen LogP contribution is -2.26. The number of anilines is 1. The first-order chi connectivity index (χ1) is 8.90. The number of hydrogen-bond acceptors (Lipinski definition) is 5. The van der Waals surface area contributed by atoms with Crippen LogP contribution in [0.3, 0.4) is 0 Å². The molecule has 1 aromatic carbocycles. The van der Waals surface area contributed by atoms with Crippen molar-refractivity contribution in [2.45, 2.75) is 17.9 Å². The average molecular weight is 298 g/mol. The summed E-state index contributed by atoms with van der Waals surface area (Å²) in [5.41, 5.74) is 5.54. The molecule has 0 saturated heterocycles. The van der Waals surface area contributed by atoms with Crippen LogP contribution < -0.4 is 10.5 Å². The van der Waals surface area contributed by atoms with Gasteiger partial charge in [-0.2, -0.15) is 0 Å². The Morgan fingerprint density at radius 2 is 2.11 bits per heavy atom. The number of rotatable bonds is 4.